The van der Waals surface area contributed by atoms with E-state index in [4.69, 9.17) is 10.7 Å². The summed E-state index contributed by atoms with van der Waals surface area (Å²) < 4.78 is 0. The molecule has 94 valence electrons. The fourth-order valence-electron chi connectivity index (χ4n) is 2.91. The van der Waals surface area contributed by atoms with Gasteiger partial charge in [-0.25, -0.2) is 4.98 Å². The van der Waals surface area contributed by atoms with E-state index >= 15 is 0 Å². The van der Waals surface area contributed by atoms with Gasteiger partial charge in [-0.05, 0) is 51.1 Å². The van der Waals surface area contributed by atoms with Crippen LogP contribution in [0.5, 0.6) is 0 Å². The fourth-order valence-corrected chi connectivity index (χ4v) is 4.31. The van der Waals surface area contributed by atoms with E-state index in [9.17, 15) is 0 Å². The first-order valence-electron chi connectivity index (χ1n) is 6.69. The maximum atomic E-state index is 6.64. The Morgan fingerprint density at radius 3 is 3.00 bits per heavy atom. The van der Waals surface area contributed by atoms with Gasteiger partial charge in [-0.15, -0.1) is 11.3 Å². The molecule has 0 spiro atoms. The van der Waals surface area contributed by atoms with Gasteiger partial charge in [0.2, 0.25) is 0 Å². The van der Waals surface area contributed by atoms with E-state index < -0.39 is 0 Å². The number of nitrogens with zero attached hydrogens (tertiary/aromatic N) is 1. The summed E-state index contributed by atoms with van der Waals surface area (Å²) in [5.41, 5.74) is 7.80. The minimum absolute atomic E-state index is 0.187. The standard InChI is InChI=1S/C13H21N3S/c1-9-8-15-7-6-13(9,14)12-16-10-4-2-3-5-11(10)17-12/h9,15H,2-8,14H2,1H3. The summed E-state index contributed by atoms with van der Waals surface area (Å²) in [7, 11) is 0. The summed E-state index contributed by atoms with van der Waals surface area (Å²) in [6.07, 6.45) is 6.01. The number of aryl methyl sites for hydroxylation is 2. The molecule has 3 nitrogen and oxygen atoms in total. The van der Waals surface area contributed by atoms with Gasteiger partial charge in [-0.2, -0.15) is 0 Å². The van der Waals surface area contributed by atoms with E-state index in [2.05, 4.69) is 12.2 Å². The summed E-state index contributed by atoms with van der Waals surface area (Å²) >= 11 is 1.88. The number of thiazole rings is 1. The molecule has 0 aromatic carbocycles. The minimum atomic E-state index is -0.187. The molecular formula is C13H21N3S. The van der Waals surface area contributed by atoms with Crippen LogP contribution in [0.25, 0.3) is 0 Å². The average molecular weight is 251 g/mol. The van der Waals surface area contributed by atoms with E-state index in [1.54, 1.807) is 0 Å². The molecule has 1 aliphatic heterocycles. The third kappa shape index (κ3) is 1.92. The van der Waals surface area contributed by atoms with Crippen LogP contribution in [0.3, 0.4) is 0 Å². The van der Waals surface area contributed by atoms with Crippen molar-refractivity contribution < 1.29 is 0 Å². The number of hydrogen-bond acceptors (Lipinski definition) is 4. The molecule has 17 heavy (non-hydrogen) atoms. The average Bonchev–Trinajstić information content (AvgIpc) is 2.77. The monoisotopic (exact) mass is 251 g/mol. The largest absolute Gasteiger partial charge is 0.319 e. The molecule has 4 heteroatoms. The predicted molar refractivity (Wildman–Crippen MR) is 71.3 cm³/mol. The van der Waals surface area contributed by atoms with Gasteiger partial charge < -0.3 is 11.1 Å². The SMILES string of the molecule is CC1CNCCC1(N)c1nc2c(s1)CCCC2. The maximum Gasteiger partial charge on any atom is 0.113 e. The molecule has 1 saturated heterocycles. The third-order valence-corrected chi connectivity index (χ3v) is 5.64. The topological polar surface area (TPSA) is 50.9 Å². The van der Waals surface area contributed by atoms with Crippen LogP contribution in [0.15, 0.2) is 0 Å². The molecule has 3 rings (SSSR count). The first-order valence-corrected chi connectivity index (χ1v) is 7.50. The summed E-state index contributed by atoms with van der Waals surface area (Å²) in [6, 6.07) is 0. The molecule has 2 atom stereocenters. The van der Waals surface area contributed by atoms with Crippen LogP contribution >= 0.6 is 11.3 Å². The normalized spacial score (nSPS) is 33.4. The van der Waals surface area contributed by atoms with Gasteiger partial charge in [0.25, 0.3) is 0 Å². The fraction of sp³-hybridized carbons (Fsp3) is 0.769. The van der Waals surface area contributed by atoms with Crippen molar-refractivity contribution in [2.45, 2.75) is 44.6 Å². The van der Waals surface area contributed by atoms with Crippen LogP contribution in [0, 0.1) is 5.92 Å². The summed E-state index contributed by atoms with van der Waals surface area (Å²) in [6.45, 7) is 4.28. The van der Waals surface area contributed by atoms with Gasteiger partial charge in [0.05, 0.1) is 11.2 Å². The van der Waals surface area contributed by atoms with E-state index in [1.165, 1.54) is 34.8 Å². The Kier molecular flexibility index (Phi) is 2.97. The number of hydrogen-bond donors (Lipinski definition) is 2. The molecule has 2 unspecified atom stereocenters. The zero-order valence-corrected chi connectivity index (χ0v) is 11.3. The lowest BCUT2D eigenvalue weighted by atomic mass is 9.81. The summed E-state index contributed by atoms with van der Waals surface area (Å²) in [5, 5.41) is 4.61. The van der Waals surface area contributed by atoms with Gasteiger partial charge in [0.15, 0.2) is 0 Å². The molecule has 0 radical (unpaired) electrons. The van der Waals surface area contributed by atoms with Crippen molar-refractivity contribution in [1.29, 1.82) is 0 Å². The number of fused-ring (bicyclic) bond motifs is 1. The van der Waals surface area contributed by atoms with E-state index in [0.717, 1.165) is 25.9 Å². The minimum Gasteiger partial charge on any atom is -0.319 e. The van der Waals surface area contributed by atoms with Crippen LogP contribution in [-0.4, -0.2) is 18.1 Å². The van der Waals surface area contributed by atoms with Crippen LogP contribution in [0.2, 0.25) is 0 Å². The highest BCUT2D eigenvalue weighted by atomic mass is 32.1. The van der Waals surface area contributed by atoms with E-state index in [-0.39, 0.29) is 5.54 Å². The van der Waals surface area contributed by atoms with Gasteiger partial charge >= 0.3 is 0 Å². The smallest absolute Gasteiger partial charge is 0.113 e. The Morgan fingerprint density at radius 1 is 1.41 bits per heavy atom. The van der Waals surface area contributed by atoms with Crippen LogP contribution in [0.1, 0.15) is 41.8 Å². The van der Waals surface area contributed by atoms with Crippen molar-refractivity contribution in [3.63, 3.8) is 0 Å². The predicted octanol–water partition coefficient (Wildman–Crippen LogP) is 1.81. The summed E-state index contributed by atoms with van der Waals surface area (Å²) in [5.74, 6) is 0.476. The number of rotatable bonds is 1. The van der Waals surface area contributed by atoms with E-state index in [1.807, 2.05) is 11.3 Å². The van der Waals surface area contributed by atoms with Crippen molar-refractivity contribution in [3.05, 3.63) is 15.6 Å². The molecule has 1 aromatic heterocycles. The Labute approximate surface area is 107 Å². The molecule has 2 aliphatic rings. The van der Waals surface area contributed by atoms with Crippen LogP contribution < -0.4 is 11.1 Å². The molecule has 3 N–H and O–H groups in total. The lowest BCUT2D eigenvalue weighted by Crippen LogP contribution is -2.52. The Hall–Kier alpha value is -0.450. The van der Waals surface area contributed by atoms with Crippen LogP contribution in [0.4, 0.5) is 0 Å². The van der Waals surface area contributed by atoms with Crippen LogP contribution in [-0.2, 0) is 18.4 Å². The molecule has 0 bridgehead atoms. The zero-order chi connectivity index (χ0) is 11.9. The highest BCUT2D eigenvalue weighted by Gasteiger charge is 2.39. The first-order chi connectivity index (χ1) is 8.20. The second kappa shape index (κ2) is 4.34. The van der Waals surface area contributed by atoms with Crippen molar-refractivity contribution in [1.82, 2.24) is 10.3 Å². The zero-order valence-electron chi connectivity index (χ0n) is 10.5. The van der Waals surface area contributed by atoms with Crippen molar-refractivity contribution in [3.8, 4) is 0 Å². The number of nitrogens with one attached hydrogen (secondary N) is 1. The third-order valence-electron chi connectivity index (χ3n) is 4.29. The Morgan fingerprint density at radius 2 is 2.24 bits per heavy atom. The van der Waals surface area contributed by atoms with Crippen molar-refractivity contribution >= 4 is 11.3 Å². The number of aromatic nitrogens is 1. The molecule has 0 saturated carbocycles. The van der Waals surface area contributed by atoms with Gasteiger partial charge in [0.1, 0.15) is 5.01 Å². The molecule has 2 heterocycles. The van der Waals surface area contributed by atoms with Crippen molar-refractivity contribution in [2.24, 2.45) is 11.7 Å². The molecule has 0 amide bonds. The number of piperidine rings is 1. The highest BCUT2D eigenvalue weighted by molar-refractivity contribution is 7.11. The molecule has 1 aromatic rings. The Balaban J connectivity index is 1.94. The van der Waals surface area contributed by atoms with Gasteiger partial charge in [-0.1, -0.05) is 6.92 Å². The first kappa shape index (κ1) is 11.6. The lowest BCUT2D eigenvalue weighted by Gasteiger charge is -2.38. The van der Waals surface area contributed by atoms with Gasteiger partial charge in [-0.3, -0.25) is 0 Å². The highest BCUT2D eigenvalue weighted by Crippen LogP contribution is 2.38. The molecule has 1 aliphatic carbocycles. The number of nitrogens with two attached hydrogens (primary N) is 1. The summed E-state index contributed by atoms with van der Waals surface area (Å²) in [4.78, 5) is 6.36. The van der Waals surface area contributed by atoms with Gasteiger partial charge in [0, 0.05) is 4.88 Å². The lowest BCUT2D eigenvalue weighted by molar-refractivity contribution is 0.222. The molecule has 1 fully saturated rings. The van der Waals surface area contributed by atoms with E-state index in [0.29, 0.717) is 5.92 Å². The molecular weight excluding hydrogens is 230 g/mol. The Bertz CT molecular complexity index is 391. The second-order valence-corrected chi connectivity index (χ2v) is 6.58. The second-order valence-electron chi connectivity index (χ2n) is 5.49. The maximum absolute atomic E-state index is 6.64. The van der Waals surface area contributed by atoms with Crippen molar-refractivity contribution in [2.75, 3.05) is 13.1 Å². The quantitative estimate of drug-likeness (QED) is 0.800.